The molecule has 3 nitrogen and oxygen atoms in total. The molecule has 27 heavy (non-hydrogen) atoms. The summed E-state index contributed by atoms with van der Waals surface area (Å²) in [6.45, 7) is 8.96. The average Bonchev–Trinajstić information content (AvgIpc) is 2.62. The molecule has 0 bridgehead atoms. The molecule has 0 fully saturated rings. The van der Waals surface area contributed by atoms with Crippen molar-refractivity contribution in [3.63, 3.8) is 0 Å². The molecular weight excluding hydrogens is 334 g/mol. The Morgan fingerprint density at radius 3 is 2.52 bits per heavy atom. The first-order chi connectivity index (χ1) is 12.9. The van der Waals surface area contributed by atoms with E-state index in [0.717, 1.165) is 29.7 Å². The molecule has 2 aliphatic rings. The summed E-state index contributed by atoms with van der Waals surface area (Å²) in [5.74, 6) is 2.58. The summed E-state index contributed by atoms with van der Waals surface area (Å²) in [6.07, 6.45) is 2.06. The van der Waals surface area contributed by atoms with Gasteiger partial charge in [-0.1, -0.05) is 38.1 Å². The van der Waals surface area contributed by atoms with Crippen LogP contribution in [0.5, 0.6) is 11.5 Å². The Morgan fingerprint density at radius 2 is 1.78 bits per heavy atom. The fourth-order valence-electron chi connectivity index (χ4n) is 5.61. The highest BCUT2D eigenvalue weighted by atomic mass is 16.5. The first-order valence-electron chi connectivity index (χ1n) is 10.2. The van der Waals surface area contributed by atoms with Crippen LogP contribution in [0.25, 0.3) is 0 Å². The Morgan fingerprint density at radius 1 is 1.00 bits per heavy atom. The number of hydrogen-bond acceptors (Lipinski definition) is 3. The zero-order chi connectivity index (χ0) is 19.3. The number of benzene rings is 2. The molecule has 2 N–H and O–H groups in total. The maximum atomic E-state index is 11.3. The number of phenols is 1. The quantitative estimate of drug-likeness (QED) is 0.762. The Hall–Kier alpha value is -2.00. The van der Waals surface area contributed by atoms with Gasteiger partial charge in [-0.05, 0) is 55.7 Å². The van der Waals surface area contributed by atoms with Crippen LogP contribution in [0.15, 0.2) is 30.3 Å². The molecule has 1 aliphatic carbocycles. The van der Waals surface area contributed by atoms with Crippen molar-refractivity contribution in [2.75, 3.05) is 7.11 Å². The van der Waals surface area contributed by atoms with E-state index in [-0.39, 0.29) is 12.0 Å². The molecule has 1 heterocycles. The summed E-state index contributed by atoms with van der Waals surface area (Å²) < 4.78 is 5.68. The average molecular weight is 366 g/mol. The molecule has 1 aliphatic heterocycles. The standard InChI is InChI=1S/C24H31NO2/c1-13-11-14(2)22-18(7-6-8-20(22)27-5)21(13)19-10-9-17-12-15(3)25-16(4)23(17)24(19)26/h6-10,13-16,21,25-26H,11-12H2,1-5H3. The van der Waals surface area contributed by atoms with Crippen molar-refractivity contribution in [2.45, 2.75) is 64.5 Å². The molecule has 3 heteroatoms. The number of hydrogen-bond donors (Lipinski definition) is 2. The molecule has 0 saturated heterocycles. The van der Waals surface area contributed by atoms with Gasteiger partial charge in [-0.15, -0.1) is 0 Å². The summed E-state index contributed by atoms with van der Waals surface area (Å²) in [4.78, 5) is 0. The first-order valence-corrected chi connectivity index (χ1v) is 10.2. The molecular formula is C24H31NO2. The van der Waals surface area contributed by atoms with Crippen LogP contribution < -0.4 is 10.1 Å². The molecule has 2 aromatic rings. The van der Waals surface area contributed by atoms with Gasteiger partial charge in [0.05, 0.1) is 7.11 Å². The van der Waals surface area contributed by atoms with E-state index in [9.17, 15) is 5.11 Å². The molecule has 0 radical (unpaired) electrons. The molecule has 0 amide bonds. The summed E-state index contributed by atoms with van der Waals surface area (Å²) >= 11 is 0. The minimum atomic E-state index is 0.173. The van der Waals surface area contributed by atoms with Crippen LogP contribution in [0.4, 0.5) is 0 Å². The first kappa shape index (κ1) is 18.4. The van der Waals surface area contributed by atoms with Crippen LogP contribution in [-0.4, -0.2) is 18.3 Å². The van der Waals surface area contributed by atoms with Crippen molar-refractivity contribution in [1.29, 1.82) is 0 Å². The van der Waals surface area contributed by atoms with Crippen LogP contribution in [0.3, 0.4) is 0 Å². The Balaban J connectivity index is 1.88. The van der Waals surface area contributed by atoms with Gasteiger partial charge in [-0.25, -0.2) is 0 Å². The van der Waals surface area contributed by atoms with Crippen molar-refractivity contribution >= 4 is 0 Å². The van der Waals surface area contributed by atoms with E-state index < -0.39 is 0 Å². The number of phenolic OH excluding ortho intramolecular Hbond substituents is 1. The van der Waals surface area contributed by atoms with Crippen LogP contribution in [-0.2, 0) is 6.42 Å². The van der Waals surface area contributed by atoms with Crippen LogP contribution in [0, 0.1) is 5.92 Å². The number of rotatable bonds is 2. The lowest BCUT2D eigenvalue weighted by atomic mass is 9.68. The van der Waals surface area contributed by atoms with Crippen molar-refractivity contribution in [1.82, 2.24) is 5.32 Å². The van der Waals surface area contributed by atoms with E-state index in [0.29, 0.717) is 23.6 Å². The highest BCUT2D eigenvalue weighted by molar-refractivity contribution is 5.56. The third kappa shape index (κ3) is 2.93. The SMILES string of the molecule is COc1cccc2c1C(C)CC(C)C2c1ccc2c(c1O)C(C)NC(C)C2. The summed E-state index contributed by atoms with van der Waals surface area (Å²) in [6, 6.07) is 11.4. The van der Waals surface area contributed by atoms with Crippen LogP contribution >= 0.6 is 0 Å². The van der Waals surface area contributed by atoms with E-state index in [1.54, 1.807) is 7.11 Å². The Bertz CT molecular complexity index is 860. The predicted molar refractivity (Wildman–Crippen MR) is 110 cm³/mol. The lowest BCUT2D eigenvalue weighted by Gasteiger charge is -2.38. The van der Waals surface area contributed by atoms with E-state index in [1.807, 2.05) is 0 Å². The molecule has 144 valence electrons. The molecule has 5 unspecified atom stereocenters. The number of methoxy groups -OCH3 is 1. The van der Waals surface area contributed by atoms with Gasteiger partial charge in [-0.2, -0.15) is 0 Å². The van der Waals surface area contributed by atoms with Gasteiger partial charge in [-0.3, -0.25) is 0 Å². The van der Waals surface area contributed by atoms with Gasteiger partial charge in [0.1, 0.15) is 11.5 Å². The van der Waals surface area contributed by atoms with Gasteiger partial charge < -0.3 is 15.2 Å². The minimum Gasteiger partial charge on any atom is -0.507 e. The number of ether oxygens (including phenoxy) is 1. The number of fused-ring (bicyclic) bond motifs is 2. The minimum absolute atomic E-state index is 0.173. The number of nitrogens with one attached hydrogen (secondary N) is 1. The van der Waals surface area contributed by atoms with Gasteiger partial charge in [0.2, 0.25) is 0 Å². The lowest BCUT2D eigenvalue weighted by Crippen LogP contribution is -2.36. The zero-order valence-electron chi connectivity index (χ0n) is 17.0. The predicted octanol–water partition coefficient (Wildman–Crippen LogP) is 5.27. The second kappa shape index (κ2) is 6.87. The monoisotopic (exact) mass is 365 g/mol. The third-order valence-electron chi connectivity index (χ3n) is 6.61. The van der Waals surface area contributed by atoms with Gasteiger partial charge in [0.25, 0.3) is 0 Å². The van der Waals surface area contributed by atoms with Gasteiger partial charge in [0.15, 0.2) is 0 Å². The highest BCUT2D eigenvalue weighted by Gasteiger charge is 2.36. The molecule has 0 spiro atoms. The third-order valence-corrected chi connectivity index (χ3v) is 6.61. The largest absolute Gasteiger partial charge is 0.507 e. The van der Waals surface area contributed by atoms with Crippen molar-refractivity contribution < 1.29 is 9.84 Å². The summed E-state index contributed by atoms with van der Waals surface area (Å²) in [5.41, 5.74) is 6.03. The van der Waals surface area contributed by atoms with Crippen molar-refractivity contribution in [3.05, 3.63) is 58.1 Å². The second-order valence-electron chi connectivity index (χ2n) is 8.62. The van der Waals surface area contributed by atoms with E-state index in [1.165, 1.54) is 16.7 Å². The fraction of sp³-hybridized carbons (Fsp3) is 0.500. The molecule has 5 atom stereocenters. The zero-order valence-corrected chi connectivity index (χ0v) is 17.0. The molecule has 0 saturated carbocycles. The molecule has 0 aromatic heterocycles. The lowest BCUT2D eigenvalue weighted by molar-refractivity contribution is 0.359. The maximum absolute atomic E-state index is 11.3. The molecule has 4 rings (SSSR count). The summed E-state index contributed by atoms with van der Waals surface area (Å²) in [5, 5.41) is 14.9. The number of aromatic hydroxyl groups is 1. The smallest absolute Gasteiger partial charge is 0.124 e. The van der Waals surface area contributed by atoms with E-state index in [2.05, 4.69) is 63.3 Å². The van der Waals surface area contributed by atoms with Crippen molar-refractivity contribution in [2.24, 2.45) is 5.92 Å². The molecule has 2 aromatic carbocycles. The van der Waals surface area contributed by atoms with Crippen molar-refractivity contribution in [3.8, 4) is 11.5 Å². The maximum Gasteiger partial charge on any atom is 0.124 e. The van der Waals surface area contributed by atoms with Gasteiger partial charge >= 0.3 is 0 Å². The normalized spacial score (nSPS) is 29.7. The summed E-state index contributed by atoms with van der Waals surface area (Å²) in [7, 11) is 1.75. The highest BCUT2D eigenvalue weighted by Crippen LogP contribution is 2.51. The Labute approximate surface area is 162 Å². The van der Waals surface area contributed by atoms with E-state index in [4.69, 9.17) is 4.74 Å². The topological polar surface area (TPSA) is 41.5 Å². The van der Waals surface area contributed by atoms with Crippen LogP contribution in [0.2, 0.25) is 0 Å². The second-order valence-corrected chi connectivity index (χ2v) is 8.62. The fourth-order valence-corrected chi connectivity index (χ4v) is 5.61. The van der Waals surface area contributed by atoms with Gasteiger partial charge in [0, 0.05) is 34.7 Å². The Kier molecular flexibility index (Phi) is 4.67. The van der Waals surface area contributed by atoms with E-state index >= 15 is 0 Å². The van der Waals surface area contributed by atoms with Crippen LogP contribution in [0.1, 0.15) is 79.8 Å².